The van der Waals surface area contributed by atoms with Gasteiger partial charge in [-0.25, -0.2) is 4.98 Å². The summed E-state index contributed by atoms with van der Waals surface area (Å²) in [6.07, 6.45) is 4.89. The lowest BCUT2D eigenvalue weighted by Crippen LogP contribution is -2.36. The van der Waals surface area contributed by atoms with Gasteiger partial charge in [0.1, 0.15) is 11.1 Å². The van der Waals surface area contributed by atoms with Crippen molar-refractivity contribution in [2.24, 2.45) is 5.92 Å². The number of nitrogens with zero attached hydrogens (tertiary/aromatic N) is 1. The smallest absolute Gasteiger partial charge is 0.122 e. The van der Waals surface area contributed by atoms with Crippen LogP contribution in [-0.4, -0.2) is 30.8 Å². The van der Waals surface area contributed by atoms with Crippen LogP contribution in [0.2, 0.25) is 0 Å². The standard InChI is InChI=1S/C15H24N2O2S/c1-11(12-4-7-18-8-5-12)16-9-13-10-20-15(17-13)14-3-2-6-19-14/h10-12,14,16H,2-9H2,1H3/t11-,14+/m1/s1. The molecule has 1 N–H and O–H groups in total. The summed E-state index contributed by atoms with van der Waals surface area (Å²) in [4.78, 5) is 4.72. The Bertz CT molecular complexity index is 412. The van der Waals surface area contributed by atoms with Crippen molar-refractivity contribution < 1.29 is 9.47 Å². The maximum atomic E-state index is 5.69. The molecule has 2 aliphatic heterocycles. The molecule has 0 saturated carbocycles. The first-order valence-electron chi connectivity index (χ1n) is 7.70. The van der Waals surface area contributed by atoms with Crippen LogP contribution in [0.25, 0.3) is 0 Å². The molecule has 0 amide bonds. The molecule has 4 nitrogen and oxygen atoms in total. The van der Waals surface area contributed by atoms with Gasteiger partial charge >= 0.3 is 0 Å². The molecular formula is C15H24N2O2S. The Kier molecular flexibility index (Phi) is 5.04. The van der Waals surface area contributed by atoms with Gasteiger partial charge in [-0.1, -0.05) is 0 Å². The zero-order chi connectivity index (χ0) is 13.8. The molecule has 0 unspecified atom stereocenters. The van der Waals surface area contributed by atoms with E-state index in [0.29, 0.717) is 6.04 Å². The molecule has 1 aromatic heterocycles. The van der Waals surface area contributed by atoms with Gasteiger partial charge in [-0.2, -0.15) is 0 Å². The molecule has 1 aromatic rings. The Hall–Kier alpha value is -0.490. The fraction of sp³-hybridized carbons (Fsp3) is 0.800. The zero-order valence-electron chi connectivity index (χ0n) is 12.1. The second kappa shape index (κ2) is 6.98. The van der Waals surface area contributed by atoms with E-state index in [9.17, 15) is 0 Å². The van der Waals surface area contributed by atoms with Gasteiger partial charge in [0.15, 0.2) is 0 Å². The van der Waals surface area contributed by atoms with Crippen molar-refractivity contribution in [2.75, 3.05) is 19.8 Å². The summed E-state index contributed by atoms with van der Waals surface area (Å²) in [5.74, 6) is 0.736. The van der Waals surface area contributed by atoms with E-state index in [2.05, 4.69) is 17.6 Å². The Labute approximate surface area is 124 Å². The van der Waals surface area contributed by atoms with Crippen molar-refractivity contribution in [3.63, 3.8) is 0 Å². The molecule has 3 rings (SSSR count). The Morgan fingerprint density at radius 2 is 2.20 bits per heavy atom. The summed E-state index contributed by atoms with van der Waals surface area (Å²) in [7, 11) is 0. The number of nitrogens with one attached hydrogen (secondary N) is 1. The van der Waals surface area contributed by atoms with Gasteiger partial charge in [0.2, 0.25) is 0 Å². The molecule has 0 aromatic carbocycles. The minimum absolute atomic E-state index is 0.252. The van der Waals surface area contributed by atoms with E-state index in [1.807, 2.05) is 0 Å². The molecule has 2 fully saturated rings. The lowest BCUT2D eigenvalue weighted by atomic mass is 9.93. The van der Waals surface area contributed by atoms with Gasteiger partial charge in [-0.15, -0.1) is 11.3 Å². The third-order valence-electron chi connectivity index (χ3n) is 4.35. The van der Waals surface area contributed by atoms with Crippen LogP contribution >= 0.6 is 11.3 Å². The van der Waals surface area contributed by atoms with Crippen LogP contribution in [0.5, 0.6) is 0 Å². The van der Waals surface area contributed by atoms with Crippen LogP contribution in [0.15, 0.2) is 5.38 Å². The molecule has 0 radical (unpaired) electrons. The summed E-state index contributed by atoms with van der Waals surface area (Å²) in [6.45, 7) is 5.86. The van der Waals surface area contributed by atoms with Gasteiger partial charge in [-0.05, 0) is 38.5 Å². The van der Waals surface area contributed by atoms with Crippen LogP contribution < -0.4 is 5.32 Å². The van der Waals surface area contributed by atoms with Gasteiger partial charge < -0.3 is 14.8 Å². The average molecular weight is 296 g/mol. The Morgan fingerprint density at radius 3 is 2.95 bits per heavy atom. The van der Waals surface area contributed by atoms with E-state index < -0.39 is 0 Å². The summed E-state index contributed by atoms with van der Waals surface area (Å²) < 4.78 is 11.1. The number of rotatable bonds is 5. The van der Waals surface area contributed by atoms with Crippen LogP contribution in [0.4, 0.5) is 0 Å². The number of ether oxygens (including phenoxy) is 2. The summed E-state index contributed by atoms with van der Waals surface area (Å²) >= 11 is 1.74. The van der Waals surface area contributed by atoms with Crippen molar-refractivity contribution in [1.82, 2.24) is 10.3 Å². The van der Waals surface area contributed by atoms with E-state index in [4.69, 9.17) is 14.5 Å². The topological polar surface area (TPSA) is 43.4 Å². The lowest BCUT2D eigenvalue weighted by Gasteiger charge is -2.28. The van der Waals surface area contributed by atoms with Crippen LogP contribution in [0, 0.1) is 5.92 Å². The predicted molar refractivity (Wildman–Crippen MR) is 79.9 cm³/mol. The molecule has 0 spiro atoms. The zero-order valence-corrected chi connectivity index (χ0v) is 13.0. The average Bonchev–Trinajstić information content (AvgIpc) is 3.16. The van der Waals surface area contributed by atoms with Gasteiger partial charge in [0.05, 0.1) is 5.69 Å². The van der Waals surface area contributed by atoms with Crippen LogP contribution in [-0.2, 0) is 16.0 Å². The number of aromatic nitrogens is 1. The highest BCUT2D eigenvalue weighted by atomic mass is 32.1. The Morgan fingerprint density at radius 1 is 1.35 bits per heavy atom. The first-order valence-corrected chi connectivity index (χ1v) is 8.58. The molecule has 20 heavy (non-hydrogen) atoms. The largest absolute Gasteiger partial charge is 0.381 e. The van der Waals surface area contributed by atoms with Crippen molar-refractivity contribution in [2.45, 2.75) is 51.3 Å². The lowest BCUT2D eigenvalue weighted by molar-refractivity contribution is 0.0557. The highest BCUT2D eigenvalue weighted by Crippen LogP contribution is 2.30. The number of hydrogen-bond acceptors (Lipinski definition) is 5. The summed E-state index contributed by atoms with van der Waals surface area (Å²) in [5.41, 5.74) is 1.15. The van der Waals surface area contributed by atoms with Gasteiger partial charge in [0.25, 0.3) is 0 Å². The fourth-order valence-corrected chi connectivity index (χ4v) is 3.87. The van der Waals surface area contributed by atoms with Crippen LogP contribution in [0.3, 0.4) is 0 Å². The summed E-state index contributed by atoms with van der Waals surface area (Å²) in [5, 5.41) is 6.94. The highest BCUT2D eigenvalue weighted by molar-refractivity contribution is 7.09. The fourth-order valence-electron chi connectivity index (χ4n) is 2.97. The third kappa shape index (κ3) is 3.58. The van der Waals surface area contributed by atoms with Crippen molar-refractivity contribution in [3.8, 4) is 0 Å². The van der Waals surface area contributed by atoms with E-state index in [1.54, 1.807) is 11.3 Å². The van der Waals surface area contributed by atoms with E-state index in [-0.39, 0.29) is 6.10 Å². The molecule has 0 bridgehead atoms. The third-order valence-corrected chi connectivity index (χ3v) is 5.34. The molecule has 5 heteroatoms. The van der Waals surface area contributed by atoms with Gasteiger partial charge in [-0.3, -0.25) is 0 Å². The molecule has 3 heterocycles. The van der Waals surface area contributed by atoms with Crippen molar-refractivity contribution >= 4 is 11.3 Å². The molecule has 112 valence electrons. The molecular weight excluding hydrogens is 272 g/mol. The van der Waals surface area contributed by atoms with Crippen molar-refractivity contribution in [3.05, 3.63) is 16.1 Å². The first-order chi connectivity index (χ1) is 9.83. The highest BCUT2D eigenvalue weighted by Gasteiger charge is 2.22. The maximum absolute atomic E-state index is 5.69. The van der Waals surface area contributed by atoms with Crippen molar-refractivity contribution in [1.29, 1.82) is 0 Å². The number of hydrogen-bond donors (Lipinski definition) is 1. The van der Waals surface area contributed by atoms with Crippen LogP contribution in [0.1, 0.15) is 49.4 Å². The normalized spacial score (nSPS) is 25.9. The molecule has 0 aliphatic carbocycles. The number of thiazole rings is 1. The minimum Gasteiger partial charge on any atom is -0.381 e. The van der Waals surface area contributed by atoms with Gasteiger partial charge in [0, 0.05) is 37.8 Å². The SMILES string of the molecule is C[C@@H](NCc1csc([C@@H]2CCCO2)n1)C1CCOCC1. The van der Waals surface area contributed by atoms with E-state index >= 15 is 0 Å². The molecule has 2 atom stereocenters. The monoisotopic (exact) mass is 296 g/mol. The quantitative estimate of drug-likeness (QED) is 0.907. The minimum atomic E-state index is 0.252. The second-order valence-corrected chi connectivity index (χ2v) is 6.69. The summed E-state index contributed by atoms with van der Waals surface area (Å²) in [6, 6.07) is 0.534. The predicted octanol–water partition coefficient (Wildman–Crippen LogP) is 2.90. The molecule has 2 aliphatic rings. The van der Waals surface area contributed by atoms with E-state index in [0.717, 1.165) is 49.4 Å². The Balaban J connectivity index is 1.47. The first kappa shape index (κ1) is 14.4. The second-order valence-electron chi connectivity index (χ2n) is 5.80. The van der Waals surface area contributed by atoms with E-state index in [1.165, 1.54) is 19.3 Å². The maximum Gasteiger partial charge on any atom is 0.122 e. The molecule has 2 saturated heterocycles.